The van der Waals surface area contributed by atoms with E-state index in [1.807, 2.05) is 30.3 Å². The Morgan fingerprint density at radius 3 is 2.93 bits per heavy atom. The number of carbonyl (C=O) groups is 1. The first kappa shape index (κ1) is 18.6. The summed E-state index contributed by atoms with van der Waals surface area (Å²) in [6, 6.07) is 16.5. The molecule has 1 aliphatic heterocycles. The van der Waals surface area contributed by atoms with Gasteiger partial charge in [-0.25, -0.2) is 4.39 Å². The van der Waals surface area contributed by atoms with E-state index >= 15 is 0 Å². The smallest absolute Gasteiger partial charge is 0.252 e. The number of benzene rings is 2. The van der Waals surface area contributed by atoms with E-state index in [0.717, 1.165) is 33.3 Å². The zero-order valence-corrected chi connectivity index (χ0v) is 16.9. The van der Waals surface area contributed by atoms with E-state index in [4.69, 9.17) is 0 Å². The van der Waals surface area contributed by atoms with Crippen molar-refractivity contribution in [1.29, 1.82) is 0 Å². The average molecular weight is 416 g/mol. The fourth-order valence-corrected chi connectivity index (χ4v) is 6.00. The van der Waals surface area contributed by atoms with Gasteiger partial charge in [0.2, 0.25) is 0 Å². The molecule has 0 aliphatic carbocycles. The molecule has 1 amide bonds. The normalized spacial score (nSPS) is 16.0. The van der Waals surface area contributed by atoms with Crippen LogP contribution in [-0.2, 0) is 5.75 Å². The van der Waals surface area contributed by atoms with Gasteiger partial charge in [0.05, 0.1) is 11.6 Å². The number of fused-ring (bicyclic) bond motifs is 1. The van der Waals surface area contributed by atoms with Crippen LogP contribution in [0.4, 0.5) is 4.39 Å². The third kappa shape index (κ3) is 4.39. The van der Waals surface area contributed by atoms with Crippen molar-refractivity contribution in [3.05, 3.63) is 81.8 Å². The lowest BCUT2D eigenvalue weighted by Crippen LogP contribution is -2.31. The zero-order valence-electron chi connectivity index (χ0n) is 14.5. The number of hydrogen-bond acceptors (Lipinski definition) is 4. The highest BCUT2D eigenvalue weighted by molar-refractivity contribution is 7.99. The molecule has 1 atom stereocenters. The Morgan fingerprint density at radius 1 is 1.19 bits per heavy atom. The van der Waals surface area contributed by atoms with Crippen molar-refractivity contribution in [1.82, 2.24) is 5.32 Å². The highest BCUT2D eigenvalue weighted by Gasteiger charge is 2.24. The van der Waals surface area contributed by atoms with Gasteiger partial charge in [0.25, 0.3) is 5.91 Å². The molecule has 0 saturated heterocycles. The molecular weight excluding hydrogens is 397 g/mol. The Morgan fingerprint density at radius 2 is 2.07 bits per heavy atom. The quantitative estimate of drug-likeness (QED) is 0.507. The molecule has 27 heavy (non-hydrogen) atoms. The van der Waals surface area contributed by atoms with Crippen molar-refractivity contribution < 1.29 is 9.18 Å². The average Bonchev–Trinajstić information content (AvgIpc) is 3.21. The van der Waals surface area contributed by atoms with Crippen molar-refractivity contribution in [2.45, 2.75) is 28.0 Å². The van der Waals surface area contributed by atoms with Crippen LogP contribution in [0.3, 0.4) is 0 Å². The summed E-state index contributed by atoms with van der Waals surface area (Å²) in [5, 5.41) is 5.18. The van der Waals surface area contributed by atoms with E-state index in [0.29, 0.717) is 5.56 Å². The molecule has 0 saturated carbocycles. The molecule has 1 unspecified atom stereocenters. The van der Waals surface area contributed by atoms with Crippen molar-refractivity contribution in [3.63, 3.8) is 0 Å². The minimum Gasteiger partial charge on any atom is -0.345 e. The van der Waals surface area contributed by atoms with Crippen molar-refractivity contribution in [2.24, 2.45) is 0 Å². The van der Waals surface area contributed by atoms with E-state index in [1.54, 1.807) is 47.0 Å². The number of halogens is 1. The van der Waals surface area contributed by atoms with Crippen molar-refractivity contribution >= 4 is 40.8 Å². The van der Waals surface area contributed by atoms with Gasteiger partial charge >= 0.3 is 0 Å². The molecule has 1 aromatic heterocycles. The van der Waals surface area contributed by atoms with E-state index < -0.39 is 0 Å². The second-order valence-corrected chi connectivity index (χ2v) is 9.40. The first-order valence-electron chi connectivity index (χ1n) is 8.68. The topological polar surface area (TPSA) is 29.1 Å². The predicted octanol–water partition coefficient (Wildman–Crippen LogP) is 6.15. The zero-order chi connectivity index (χ0) is 18.6. The van der Waals surface area contributed by atoms with Crippen LogP contribution >= 0.6 is 34.9 Å². The summed E-state index contributed by atoms with van der Waals surface area (Å²) >= 11 is 5.10. The second-order valence-electron chi connectivity index (χ2n) is 6.21. The number of thiophene rings is 1. The summed E-state index contributed by atoms with van der Waals surface area (Å²) in [4.78, 5) is 16.3. The minimum atomic E-state index is -0.262. The maximum Gasteiger partial charge on any atom is 0.252 e. The van der Waals surface area contributed by atoms with Gasteiger partial charge in [0.1, 0.15) is 5.82 Å². The lowest BCUT2D eigenvalue weighted by Gasteiger charge is -2.26. The van der Waals surface area contributed by atoms with Crippen LogP contribution in [0.25, 0.3) is 0 Å². The lowest BCUT2D eigenvalue weighted by molar-refractivity contribution is 0.0932. The van der Waals surface area contributed by atoms with Crippen LogP contribution < -0.4 is 5.32 Å². The summed E-state index contributed by atoms with van der Waals surface area (Å²) < 4.78 is 13.7. The van der Waals surface area contributed by atoms with Gasteiger partial charge in [-0.2, -0.15) is 0 Å². The Labute approximate surface area is 170 Å². The van der Waals surface area contributed by atoms with Gasteiger partial charge in [0.15, 0.2) is 0 Å². The largest absolute Gasteiger partial charge is 0.345 e. The molecule has 6 heteroatoms. The van der Waals surface area contributed by atoms with Crippen LogP contribution in [0.5, 0.6) is 0 Å². The molecule has 1 N–H and O–H groups in total. The molecule has 1 aliphatic rings. The summed E-state index contributed by atoms with van der Waals surface area (Å²) in [5.74, 6) is 1.40. The summed E-state index contributed by atoms with van der Waals surface area (Å²) in [6.07, 6.45) is 0.803. The van der Waals surface area contributed by atoms with Crippen molar-refractivity contribution in [2.75, 3.05) is 5.75 Å². The van der Waals surface area contributed by atoms with Crippen LogP contribution in [-0.4, -0.2) is 11.7 Å². The molecule has 0 bridgehead atoms. The summed E-state index contributed by atoms with van der Waals surface area (Å²) in [5.41, 5.74) is 1.55. The maximum absolute atomic E-state index is 13.7. The Bertz CT molecular complexity index is 942. The molecule has 2 aromatic carbocycles. The van der Waals surface area contributed by atoms with Gasteiger partial charge in [-0.15, -0.1) is 34.9 Å². The third-order valence-electron chi connectivity index (χ3n) is 4.40. The van der Waals surface area contributed by atoms with Gasteiger partial charge in [-0.05, 0) is 53.8 Å². The van der Waals surface area contributed by atoms with Gasteiger partial charge in [-0.1, -0.05) is 18.2 Å². The van der Waals surface area contributed by atoms with Crippen molar-refractivity contribution in [3.8, 4) is 0 Å². The standard InChI is InChI=1S/C21H18FNOS3/c22-14-7-8-20-17(12-14)18(9-11-26-20)23-21(24)16-5-1-2-6-19(16)27-13-15-4-3-10-25-15/h1-8,10,12,18H,9,11,13H2,(H,23,24). The number of amides is 1. The maximum atomic E-state index is 13.7. The highest BCUT2D eigenvalue weighted by Crippen LogP contribution is 2.37. The van der Waals surface area contributed by atoms with E-state index in [9.17, 15) is 9.18 Å². The third-order valence-corrected chi connectivity index (χ3v) is 7.70. The fourth-order valence-electron chi connectivity index (χ4n) is 3.07. The summed E-state index contributed by atoms with van der Waals surface area (Å²) in [7, 11) is 0. The number of nitrogens with one attached hydrogen (secondary N) is 1. The fraction of sp³-hybridized carbons (Fsp3) is 0.190. The molecule has 2 nitrogen and oxygen atoms in total. The Hall–Kier alpha value is -1.76. The van der Waals surface area contributed by atoms with E-state index in [2.05, 4.69) is 16.8 Å². The lowest BCUT2D eigenvalue weighted by atomic mass is 10.0. The number of rotatable bonds is 5. The Kier molecular flexibility index (Phi) is 5.86. The predicted molar refractivity (Wildman–Crippen MR) is 112 cm³/mol. The van der Waals surface area contributed by atoms with E-state index in [1.165, 1.54) is 10.9 Å². The Balaban J connectivity index is 1.52. The van der Waals surface area contributed by atoms with Gasteiger partial charge < -0.3 is 5.32 Å². The molecule has 0 radical (unpaired) electrons. The molecule has 138 valence electrons. The first-order valence-corrected chi connectivity index (χ1v) is 11.5. The SMILES string of the molecule is O=C(NC1CCSc2ccc(F)cc21)c1ccccc1SCc1cccs1. The molecule has 4 rings (SSSR count). The molecule has 0 fully saturated rings. The monoisotopic (exact) mass is 415 g/mol. The van der Waals surface area contributed by atoms with Crippen LogP contribution in [0, 0.1) is 5.82 Å². The number of thioether (sulfide) groups is 2. The molecule has 3 aromatic rings. The number of carbonyl (C=O) groups excluding carboxylic acids is 1. The van der Waals surface area contributed by atoms with Gasteiger partial charge in [0, 0.05) is 26.2 Å². The van der Waals surface area contributed by atoms with Crippen LogP contribution in [0.2, 0.25) is 0 Å². The van der Waals surface area contributed by atoms with Gasteiger partial charge in [-0.3, -0.25) is 4.79 Å². The first-order chi connectivity index (χ1) is 13.2. The molecule has 2 heterocycles. The molecular formula is C21H18FNOS3. The summed E-state index contributed by atoms with van der Waals surface area (Å²) in [6.45, 7) is 0. The second kappa shape index (κ2) is 8.50. The highest BCUT2D eigenvalue weighted by atomic mass is 32.2. The minimum absolute atomic E-state index is 0.101. The van der Waals surface area contributed by atoms with Crippen LogP contribution in [0.1, 0.15) is 33.3 Å². The van der Waals surface area contributed by atoms with Crippen LogP contribution in [0.15, 0.2) is 69.8 Å². The number of hydrogen-bond donors (Lipinski definition) is 1. The van der Waals surface area contributed by atoms with E-state index in [-0.39, 0.29) is 17.8 Å². The molecule has 0 spiro atoms.